The van der Waals surface area contributed by atoms with Crippen molar-refractivity contribution in [3.63, 3.8) is 0 Å². The third-order valence-electron chi connectivity index (χ3n) is 3.90. The molecule has 1 aromatic heterocycles. The standard InChI is InChI=1S/C16H13NO3/c18-13-6-3-5-12-10(13)8-11-15(17-12)9-4-1-2-7-14(9)20-16(11)19/h1-2,4,7-8,16,19H,3,5-6H2/t16-/m1/s1. The van der Waals surface area contributed by atoms with Gasteiger partial charge in [-0.3, -0.25) is 9.78 Å². The Morgan fingerprint density at radius 3 is 2.95 bits per heavy atom. The van der Waals surface area contributed by atoms with E-state index in [1.165, 1.54) is 0 Å². The van der Waals surface area contributed by atoms with Crippen LogP contribution in [-0.2, 0) is 6.42 Å². The van der Waals surface area contributed by atoms with Gasteiger partial charge in [-0.1, -0.05) is 12.1 Å². The van der Waals surface area contributed by atoms with Crippen LogP contribution in [0.1, 0.15) is 40.7 Å². The van der Waals surface area contributed by atoms with Crippen molar-refractivity contribution in [2.75, 3.05) is 0 Å². The average Bonchev–Trinajstić information content (AvgIpc) is 2.47. The van der Waals surface area contributed by atoms with E-state index in [2.05, 4.69) is 4.98 Å². The van der Waals surface area contributed by atoms with Crippen LogP contribution < -0.4 is 4.74 Å². The number of carbonyl (C=O) groups is 1. The van der Waals surface area contributed by atoms with Gasteiger partial charge in [-0.15, -0.1) is 0 Å². The molecule has 0 saturated heterocycles. The lowest BCUT2D eigenvalue weighted by atomic mass is 9.91. The van der Waals surface area contributed by atoms with Crippen LogP contribution in [0.4, 0.5) is 0 Å². The van der Waals surface area contributed by atoms with Gasteiger partial charge in [0.2, 0.25) is 6.29 Å². The molecule has 0 bridgehead atoms. The van der Waals surface area contributed by atoms with Crippen molar-refractivity contribution in [3.05, 3.63) is 47.2 Å². The highest BCUT2D eigenvalue weighted by atomic mass is 16.6. The van der Waals surface area contributed by atoms with Gasteiger partial charge in [-0.2, -0.15) is 0 Å². The first-order valence-electron chi connectivity index (χ1n) is 6.75. The van der Waals surface area contributed by atoms with Crippen LogP contribution in [0, 0.1) is 0 Å². The molecule has 4 nitrogen and oxygen atoms in total. The van der Waals surface area contributed by atoms with Gasteiger partial charge in [-0.25, -0.2) is 0 Å². The molecule has 1 N–H and O–H groups in total. The first-order chi connectivity index (χ1) is 9.74. The monoisotopic (exact) mass is 267 g/mol. The van der Waals surface area contributed by atoms with Gasteiger partial charge in [-0.05, 0) is 31.0 Å². The Bertz CT molecular complexity index is 724. The van der Waals surface area contributed by atoms with E-state index in [1.54, 1.807) is 6.07 Å². The van der Waals surface area contributed by atoms with Crippen molar-refractivity contribution in [1.29, 1.82) is 0 Å². The van der Waals surface area contributed by atoms with Gasteiger partial charge < -0.3 is 9.84 Å². The van der Waals surface area contributed by atoms with Crippen molar-refractivity contribution >= 4 is 5.78 Å². The third kappa shape index (κ3) is 1.58. The second-order valence-corrected chi connectivity index (χ2v) is 5.16. The Kier molecular flexibility index (Phi) is 2.41. The number of carbonyl (C=O) groups excluding carboxylic acids is 1. The van der Waals surface area contributed by atoms with E-state index in [4.69, 9.17) is 4.74 Å². The Morgan fingerprint density at radius 2 is 2.05 bits per heavy atom. The summed E-state index contributed by atoms with van der Waals surface area (Å²) in [5, 5.41) is 10.1. The molecule has 2 aromatic rings. The maximum atomic E-state index is 12.0. The number of benzene rings is 1. The summed E-state index contributed by atoms with van der Waals surface area (Å²) in [6.07, 6.45) is 1.15. The molecule has 0 fully saturated rings. The summed E-state index contributed by atoms with van der Waals surface area (Å²) in [4.78, 5) is 16.6. The molecule has 0 spiro atoms. The topological polar surface area (TPSA) is 59.4 Å². The average molecular weight is 267 g/mol. The molecule has 2 heterocycles. The summed E-state index contributed by atoms with van der Waals surface area (Å²) < 4.78 is 5.49. The van der Waals surface area contributed by atoms with E-state index in [0.717, 1.165) is 29.8 Å². The summed E-state index contributed by atoms with van der Waals surface area (Å²) in [5.74, 6) is 0.731. The Labute approximate surface area is 116 Å². The zero-order valence-corrected chi connectivity index (χ0v) is 10.8. The molecule has 4 heteroatoms. The number of aliphatic hydroxyl groups is 1. The van der Waals surface area contributed by atoms with Crippen LogP contribution in [0.3, 0.4) is 0 Å². The molecule has 1 aliphatic heterocycles. The molecule has 1 aliphatic carbocycles. The molecule has 0 saturated carbocycles. The van der Waals surface area contributed by atoms with Gasteiger partial charge in [0.1, 0.15) is 5.75 Å². The number of aromatic nitrogens is 1. The number of ketones is 1. The molecule has 0 radical (unpaired) electrons. The highest BCUT2D eigenvalue weighted by molar-refractivity contribution is 5.98. The van der Waals surface area contributed by atoms with E-state index in [0.29, 0.717) is 23.3 Å². The van der Waals surface area contributed by atoms with Crippen molar-refractivity contribution in [2.45, 2.75) is 25.6 Å². The number of hydrogen-bond acceptors (Lipinski definition) is 4. The lowest BCUT2D eigenvalue weighted by Gasteiger charge is -2.26. The number of aryl methyl sites for hydroxylation is 1. The zero-order valence-electron chi connectivity index (χ0n) is 10.8. The van der Waals surface area contributed by atoms with Gasteiger partial charge in [0.25, 0.3) is 0 Å². The number of hydrogen-bond donors (Lipinski definition) is 1. The minimum atomic E-state index is -1.06. The molecule has 20 heavy (non-hydrogen) atoms. The quantitative estimate of drug-likeness (QED) is 0.797. The largest absolute Gasteiger partial charge is 0.460 e. The van der Waals surface area contributed by atoms with E-state index in [-0.39, 0.29) is 5.78 Å². The lowest BCUT2D eigenvalue weighted by molar-refractivity contribution is -0.0216. The minimum absolute atomic E-state index is 0.104. The third-order valence-corrected chi connectivity index (χ3v) is 3.90. The van der Waals surface area contributed by atoms with Crippen LogP contribution in [0.25, 0.3) is 11.3 Å². The fraction of sp³-hybridized carbons (Fsp3) is 0.250. The molecule has 1 atom stereocenters. The molecule has 100 valence electrons. The highest BCUT2D eigenvalue weighted by Crippen LogP contribution is 2.41. The van der Waals surface area contributed by atoms with E-state index in [9.17, 15) is 9.90 Å². The Balaban J connectivity index is 1.98. The first kappa shape index (κ1) is 11.6. The molecule has 4 rings (SSSR count). The highest BCUT2D eigenvalue weighted by Gasteiger charge is 2.29. The van der Waals surface area contributed by atoms with Crippen molar-refractivity contribution in [1.82, 2.24) is 4.98 Å². The second-order valence-electron chi connectivity index (χ2n) is 5.16. The number of Topliss-reactive ketones (excluding diaryl/α,β-unsaturated/α-hetero) is 1. The summed E-state index contributed by atoms with van der Waals surface area (Å²) in [7, 11) is 0. The van der Waals surface area contributed by atoms with Gasteiger partial charge in [0, 0.05) is 23.1 Å². The van der Waals surface area contributed by atoms with Crippen molar-refractivity contribution in [3.8, 4) is 17.0 Å². The summed E-state index contributed by atoms with van der Waals surface area (Å²) in [6, 6.07) is 9.26. The Morgan fingerprint density at radius 1 is 1.20 bits per heavy atom. The molecule has 1 aromatic carbocycles. The molecular weight excluding hydrogens is 254 g/mol. The van der Waals surface area contributed by atoms with Crippen LogP contribution >= 0.6 is 0 Å². The van der Waals surface area contributed by atoms with Crippen molar-refractivity contribution in [2.24, 2.45) is 0 Å². The number of rotatable bonds is 0. The van der Waals surface area contributed by atoms with Crippen LogP contribution in [0.15, 0.2) is 30.3 Å². The number of aliphatic hydroxyl groups excluding tert-OH is 1. The molecular formula is C16H13NO3. The zero-order chi connectivity index (χ0) is 13.7. The number of fused-ring (bicyclic) bond motifs is 4. The molecule has 2 aliphatic rings. The fourth-order valence-corrected chi connectivity index (χ4v) is 2.90. The summed E-state index contributed by atoms with van der Waals surface area (Å²) in [5.41, 5.74) is 3.65. The van der Waals surface area contributed by atoms with E-state index < -0.39 is 6.29 Å². The Hall–Kier alpha value is -2.20. The van der Waals surface area contributed by atoms with Crippen LogP contribution in [0.5, 0.6) is 5.75 Å². The maximum absolute atomic E-state index is 12.0. The SMILES string of the molecule is O=C1CCCc2nc3c(cc21)[C@H](O)Oc1ccccc1-3. The maximum Gasteiger partial charge on any atom is 0.226 e. The minimum Gasteiger partial charge on any atom is -0.460 e. The number of nitrogens with zero attached hydrogens (tertiary/aromatic N) is 1. The van der Waals surface area contributed by atoms with Crippen LogP contribution in [-0.4, -0.2) is 15.9 Å². The van der Waals surface area contributed by atoms with E-state index >= 15 is 0 Å². The second kappa shape index (κ2) is 4.15. The summed E-state index contributed by atoms with van der Waals surface area (Å²) in [6.45, 7) is 0. The number of pyridine rings is 1. The van der Waals surface area contributed by atoms with Crippen LogP contribution in [0.2, 0.25) is 0 Å². The predicted molar refractivity (Wildman–Crippen MR) is 72.5 cm³/mol. The predicted octanol–water partition coefficient (Wildman–Crippen LogP) is 2.65. The number of para-hydroxylation sites is 1. The first-order valence-corrected chi connectivity index (χ1v) is 6.75. The normalized spacial score (nSPS) is 19.6. The fourth-order valence-electron chi connectivity index (χ4n) is 2.90. The molecule has 0 amide bonds. The lowest BCUT2D eigenvalue weighted by Crippen LogP contribution is -2.19. The van der Waals surface area contributed by atoms with E-state index in [1.807, 2.05) is 24.3 Å². The smallest absolute Gasteiger partial charge is 0.226 e. The van der Waals surface area contributed by atoms with Gasteiger partial charge >= 0.3 is 0 Å². The van der Waals surface area contributed by atoms with Gasteiger partial charge in [0.05, 0.1) is 11.4 Å². The van der Waals surface area contributed by atoms with Gasteiger partial charge in [0.15, 0.2) is 5.78 Å². The van der Waals surface area contributed by atoms with Crippen molar-refractivity contribution < 1.29 is 14.6 Å². The number of ether oxygens (including phenoxy) is 1. The summed E-state index contributed by atoms with van der Waals surface area (Å²) >= 11 is 0. The molecule has 0 unspecified atom stereocenters.